The van der Waals surface area contributed by atoms with Crippen molar-refractivity contribution in [3.8, 4) is 0 Å². The molecule has 122 valence electrons. The Hall–Kier alpha value is -1.72. The maximum atomic E-state index is 14.5. The summed E-state index contributed by atoms with van der Waals surface area (Å²) in [6, 6.07) is 6.20. The lowest BCUT2D eigenvalue weighted by molar-refractivity contribution is 0.0907. The van der Waals surface area contributed by atoms with E-state index in [1.54, 1.807) is 0 Å². The summed E-state index contributed by atoms with van der Waals surface area (Å²) in [5.74, 6) is -3.08. The molecule has 0 radical (unpaired) electrons. The van der Waals surface area contributed by atoms with Gasteiger partial charge in [-0.25, -0.2) is 13.2 Å². The van der Waals surface area contributed by atoms with Crippen molar-refractivity contribution in [2.24, 2.45) is 0 Å². The van der Waals surface area contributed by atoms with Crippen molar-refractivity contribution in [3.05, 3.63) is 69.2 Å². The van der Waals surface area contributed by atoms with E-state index >= 15 is 0 Å². The lowest BCUT2D eigenvalue weighted by Crippen LogP contribution is -2.36. The minimum absolute atomic E-state index is 0.100. The van der Waals surface area contributed by atoms with E-state index < -0.39 is 35.3 Å². The molecule has 7 heteroatoms. The quantitative estimate of drug-likeness (QED) is 0.806. The smallest absolute Gasteiger partial charge is 0.257 e. The lowest BCUT2D eigenvalue weighted by Gasteiger charge is -2.20. The van der Waals surface area contributed by atoms with Crippen LogP contribution in [0.4, 0.5) is 13.2 Å². The maximum absolute atomic E-state index is 14.5. The largest absolute Gasteiger partial charge is 0.346 e. The molecule has 0 unspecified atom stereocenters. The zero-order valence-corrected chi connectivity index (χ0v) is 13.4. The highest BCUT2D eigenvalue weighted by molar-refractivity contribution is 6.35. The van der Waals surface area contributed by atoms with Gasteiger partial charge in [-0.2, -0.15) is 0 Å². The van der Waals surface area contributed by atoms with E-state index in [9.17, 15) is 18.0 Å². The molecule has 2 nitrogen and oxygen atoms in total. The average Bonchev–Trinajstić information content (AvgIpc) is 2.46. The van der Waals surface area contributed by atoms with Crippen molar-refractivity contribution in [2.75, 3.05) is 0 Å². The molecule has 0 aliphatic carbocycles. The second kappa shape index (κ2) is 7.23. The zero-order chi connectivity index (χ0) is 17.1. The van der Waals surface area contributed by atoms with Crippen LogP contribution in [-0.2, 0) is 0 Å². The Morgan fingerprint density at radius 1 is 1.13 bits per heavy atom. The number of amides is 1. The molecule has 0 aliphatic rings. The summed E-state index contributed by atoms with van der Waals surface area (Å²) in [6.45, 7) is 1.37. The van der Waals surface area contributed by atoms with Gasteiger partial charge < -0.3 is 5.32 Å². The number of hydrogen-bond donors (Lipinski definition) is 1. The van der Waals surface area contributed by atoms with Gasteiger partial charge in [0.25, 0.3) is 5.91 Å². The van der Waals surface area contributed by atoms with Crippen molar-refractivity contribution in [2.45, 2.75) is 19.1 Å². The molecule has 0 aliphatic heterocycles. The van der Waals surface area contributed by atoms with Crippen molar-refractivity contribution < 1.29 is 18.0 Å². The first-order valence-electron chi connectivity index (χ1n) is 6.65. The van der Waals surface area contributed by atoms with Gasteiger partial charge in [-0.3, -0.25) is 4.79 Å². The molecule has 0 heterocycles. The van der Waals surface area contributed by atoms with Gasteiger partial charge in [0.05, 0.1) is 6.04 Å². The molecule has 2 aromatic carbocycles. The molecule has 2 aromatic rings. The number of halogens is 5. The fraction of sp³-hybridized carbons (Fsp3) is 0.188. The Bertz CT molecular complexity index is 719. The predicted molar refractivity (Wildman–Crippen MR) is 83.6 cm³/mol. The normalized spacial score (nSPS) is 13.5. The monoisotopic (exact) mass is 361 g/mol. The van der Waals surface area contributed by atoms with E-state index in [4.69, 9.17) is 23.2 Å². The lowest BCUT2D eigenvalue weighted by atomic mass is 10.0. The molecule has 0 fully saturated rings. The van der Waals surface area contributed by atoms with E-state index in [-0.39, 0.29) is 10.6 Å². The van der Waals surface area contributed by atoms with Gasteiger partial charge >= 0.3 is 0 Å². The molecule has 0 saturated carbocycles. The van der Waals surface area contributed by atoms with Gasteiger partial charge in [-0.15, -0.1) is 0 Å². The van der Waals surface area contributed by atoms with Crippen LogP contribution in [0.25, 0.3) is 0 Å². The van der Waals surface area contributed by atoms with Crippen molar-refractivity contribution in [1.29, 1.82) is 0 Å². The van der Waals surface area contributed by atoms with Crippen LogP contribution in [0.5, 0.6) is 0 Å². The van der Waals surface area contributed by atoms with Crippen LogP contribution in [-0.4, -0.2) is 11.9 Å². The highest BCUT2D eigenvalue weighted by atomic mass is 35.5. The van der Waals surface area contributed by atoms with Gasteiger partial charge in [0.15, 0.2) is 0 Å². The van der Waals surface area contributed by atoms with Gasteiger partial charge in [-0.05, 0) is 31.2 Å². The Labute approximate surface area is 141 Å². The van der Waals surface area contributed by atoms with Gasteiger partial charge in [0.1, 0.15) is 23.4 Å². The first kappa shape index (κ1) is 17.6. The fourth-order valence-corrected chi connectivity index (χ4v) is 2.57. The summed E-state index contributed by atoms with van der Waals surface area (Å²) in [6.07, 6.45) is -1.67. The van der Waals surface area contributed by atoms with E-state index in [1.807, 2.05) is 0 Å². The predicted octanol–water partition coefficient (Wildman–Crippen LogP) is 5.10. The second-order valence-corrected chi connectivity index (χ2v) is 5.77. The molecule has 2 rings (SSSR count). The Morgan fingerprint density at radius 3 is 2.30 bits per heavy atom. The number of alkyl halides is 1. The first-order valence-corrected chi connectivity index (χ1v) is 7.40. The van der Waals surface area contributed by atoms with Gasteiger partial charge in [-0.1, -0.05) is 35.3 Å². The Kier molecular flexibility index (Phi) is 5.55. The molecule has 0 saturated heterocycles. The first-order chi connectivity index (χ1) is 10.8. The van der Waals surface area contributed by atoms with Gasteiger partial charge in [0.2, 0.25) is 0 Å². The van der Waals surface area contributed by atoms with Crippen LogP contribution in [0.3, 0.4) is 0 Å². The molecule has 0 bridgehead atoms. The molecular weight excluding hydrogens is 350 g/mol. The summed E-state index contributed by atoms with van der Waals surface area (Å²) < 4.78 is 41.6. The van der Waals surface area contributed by atoms with Crippen LogP contribution in [0.2, 0.25) is 10.0 Å². The number of carbonyl (C=O) groups excluding carboxylic acids is 1. The van der Waals surface area contributed by atoms with Crippen LogP contribution in [0, 0.1) is 11.6 Å². The average molecular weight is 362 g/mol. The SMILES string of the molecule is C[C@@H](NC(=O)c1c(F)cccc1F)[C@H](F)c1ccc(Cl)cc1Cl. The second-order valence-electron chi connectivity index (χ2n) is 4.93. The molecule has 0 aromatic heterocycles. The molecule has 1 N–H and O–H groups in total. The minimum atomic E-state index is -1.67. The Morgan fingerprint density at radius 2 is 1.74 bits per heavy atom. The molecule has 1 amide bonds. The van der Waals surface area contributed by atoms with Crippen LogP contribution in [0.1, 0.15) is 29.0 Å². The third-order valence-electron chi connectivity index (χ3n) is 3.25. The topological polar surface area (TPSA) is 29.1 Å². The van der Waals surface area contributed by atoms with Crippen LogP contribution >= 0.6 is 23.2 Å². The number of carbonyl (C=O) groups is 1. The summed E-state index contributed by atoms with van der Waals surface area (Å²) in [4.78, 5) is 12.0. The van der Waals surface area contributed by atoms with Gasteiger partial charge in [0, 0.05) is 15.6 Å². The Balaban J connectivity index is 2.18. The summed E-state index contributed by atoms with van der Waals surface area (Å²) in [7, 11) is 0. The van der Waals surface area contributed by atoms with E-state index in [2.05, 4.69) is 5.32 Å². The van der Waals surface area contributed by atoms with Crippen molar-refractivity contribution >= 4 is 29.1 Å². The maximum Gasteiger partial charge on any atom is 0.257 e. The van der Waals surface area contributed by atoms with Crippen LogP contribution < -0.4 is 5.32 Å². The van der Waals surface area contributed by atoms with Crippen molar-refractivity contribution in [1.82, 2.24) is 5.32 Å². The van der Waals surface area contributed by atoms with E-state index in [1.165, 1.54) is 25.1 Å². The molecular formula is C16H12Cl2F3NO. The number of rotatable bonds is 4. The number of hydrogen-bond acceptors (Lipinski definition) is 1. The number of nitrogens with one attached hydrogen (secondary N) is 1. The highest BCUT2D eigenvalue weighted by Gasteiger charge is 2.25. The summed E-state index contributed by atoms with van der Waals surface area (Å²) in [5, 5.41) is 2.68. The molecule has 2 atom stereocenters. The highest BCUT2D eigenvalue weighted by Crippen LogP contribution is 2.30. The molecule has 23 heavy (non-hydrogen) atoms. The van der Waals surface area contributed by atoms with E-state index in [0.29, 0.717) is 5.02 Å². The fourth-order valence-electron chi connectivity index (χ4n) is 2.06. The third-order valence-corrected chi connectivity index (χ3v) is 3.81. The zero-order valence-electron chi connectivity index (χ0n) is 11.9. The minimum Gasteiger partial charge on any atom is -0.346 e. The standard InChI is InChI=1S/C16H12Cl2F3NO/c1-8(15(21)10-6-5-9(17)7-11(10)18)22-16(23)14-12(19)3-2-4-13(14)20/h2-8,15H,1H3,(H,22,23)/t8-,15+/m1/s1. The summed E-state index contributed by atoms with van der Waals surface area (Å²) >= 11 is 11.7. The third kappa shape index (κ3) is 3.98. The van der Waals surface area contributed by atoms with E-state index in [0.717, 1.165) is 18.2 Å². The van der Waals surface area contributed by atoms with Crippen LogP contribution in [0.15, 0.2) is 36.4 Å². The molecule has 0 spiro atoms. The number of benzene rings is 2. The summed E-state index contributed by atoms with van der Waals surface area (Å²) in [5.41, 5.74) is -0.633. The van der Waals surface area contributed by atoms with Crippen molar-refractivity contribution in [3.63, 3.8) is 0 Å².